The molecule has 0 atom stereocenters. The Morgan fingerprint density at radius 3 is 2.35 bits per heavy atom. The van der Waals surface area contributed by atoms with Crippen molar-refractivity contribution in [1.29, 1.82) is 0 Å². The van der Waals surface area contributed by atoms with E-state index in [0.717, 1.165) is 11.6 Å². The number of hydrogen-bond donors (Lipinski definition) is 1. The fourth-order valence-electron chi connectivity index (χ4n) is 3.27. The van der Waals surface area contributed by atoms with Gasteiger partial charge in [0.25, 0.3) is 0 Å². The quantitative estimate of drug-likeness (QED) is 0.433. The maximum Gasteiger partial charge on any atom is 0.163 e. The summed E-state index contributed by atoms with van der Waals surface area (Å²) < 4.78 is 33.8. The zero-order valence-corrected chi connectivity index (χ0v) is 17.5. The van der Waals surface area contributed by atoms with Gasteiger partial charge in [0.2, 0.25) is 0 Å². The third kappa shape index (κ3) is 4.45. The summed E-state index contributed by atoms with van der Waals surface area (Å²) in [7, 11) is 1.76. The zero-order chi connectivity index (χ0) is 22.0. The van der Waals surface area contributed by atoms with Gasteiger partial charge in [-0.25, -0.2) is 18.7 Å². The third-order valence-electron chi connectivity index (χ3n) is 4.69. The number of fused-ring (bicyclic) bond motifs is 1. The maximum atomic E-state index is 13.9. The molecule has 0 radical (unpaired) electrons. The third-order valence-corrected chi connectivity index (χ3v) is 4.69. The van der Waals surface area contributed by atoms with Gasteiger partial charge in [-0.2, -0.15) is 0 Å². The van der Waals surface area contributed by atoms with Crippen LogP contribution in [0.15, 0.2) is 54.9 Å². The highest BCUT2D eigenvalue weighted by atomic mass is 19.1. The first-order chi connectivity index (χ1) is 14.9. The zero-order valence-electron chi connectivity index (χ0n) is 17.5. The molecule has 0 aliphatic rings. The molecule has 2 heterocycles. The molecule has 0 saturated carbocycles. The van der Waals surface area contributed by atoms with E-state index in [1.807, 2.05) is 32.0 Å². The van der Waals surface area contributed by atoms with Crippen molar-refractivity contribution in [3.05, 3.63) is 66.5 Å². The van der Waals surface area contributed by atoms with Crippen LogP contribution in [0, 0.1) is 17.6 Å². The average Bonchev–Trinajstić information content (AvgIpc) is 2.76. The van der Waals surface area contributed by atoms with Crippen LogP contribution in [0.2, 0.25) is 0 Å². The van der Waals surface area contributed by atoms with Crippen LogP contribution in [0.5, 0.6) is 5.75 Å². The number of aromatic nitrogens is 3. The molecule has 0 aliphatic heterocycles. The standard InChI is InChI=1S/C24H22F2N4O/c1-14(2)13-31-21-10-17(16-7-18(25)11-19(26)8-16)9-20-22(21)29-23(30-24(20)27-3)15-5-4-6-28-12-15/h4-12,14H,13H2,1-3H3,(H,27,29,30). The summed E-state index contributed by atoms with van der Waals surface area (Å²) in [5.74, 6) is 0.609. The van der Waals surface area contributed by atoms with Crippen LogP contribution in [0.25, 0.3) is 33.4 Å². The van der Waals surface area contributed by atoms with Gasteiger partial charge in [-0.15, -0.1) is 0 Å². The van der Waals surface area contributed by atoms with Gasteiger partial charge in [-0.3, -0.25) is 4.98 Å². The maximum absolute atomic E-state index is 13.9. The van der Waals surface area contributed by atoms with Gasteiger partial charge < -0.3 is 10.1 Å². The van der Waals surface area contributed by atoms with Crippen LogP contribution in [0.4, 0.5) is 14.6 Å². The number of hydrogen-bond acceptors (Lipinski definition) is 5. The second-order valence-corrected chi connectivity index (χ2v) is 7.62. The number of anilines is 1. The van der Waals surface area contributed by atoms with E-state index in [1.54, 1.807) is 25.5 Å². The highest BCUT2D eigenvalue weighted by molar-refractivity contribution is 5.97. The molecular formula is C24H22F2N4O. The molecular weight excluding hydrogens is 398 g/mol. The summed E-state index contributed by atoms with van der Waals surface area (Å²) in [6.07, 6.45) is 3.38. The molecule has 1 N–H and O–H groups in total. The van der Waals surface area contributed by atoms with Gasteiger partial charge in [0, 0.05) is 36.5 Å². The summed E-state index contributed by atoms with van der Waals surface area (Å²) in [5.41, 5.74) is 2.40. The molecule has 0 saturated heterocycles. The summed E-state index contributed by atoms with van der Waals surface area (Å²) in [5, 5.41) is 3.79. The normalized spacial score (nSPS) is 11.2. The first-order valence-corrected chi connectivity index (χ1v) is 9.98. The molecule has 4 aromatic rings. The molecule has 158 valence electrons. The second kappa shape index (κ2) is 8.63. The Labute approximate surface area is 179 Å². The molecule has 0 aliphatic carbocycles. The largest absolute Gasteiger partial charge is 0.491 e. The minimum atomic E-state index is -0.642. The Hall–Kier alpha value is -3.61. The molecule has 2 aromatic carbocycles. The van der Waals surface area contributed by atoms with Gasteiger partial charge in [-0.1, -0.05) is 13.8 Å². The lowest BCUT2D eigenvalue weighted by Crippen LogP contribution is -2.07. The second-order valence-electron chi connectivity index (χ2n) is 7.62. The van der Waals surface area contributed by atoms with Gasteiger partial charge in [0.1, 0.15) is 28.7 Å². The van der Waals surface area contributed by atoms with Gasteiger partial charge in [0.15, 0.2) is 5.82 Å². The van der Waals surface area contributed by atoms with Crippen molar-refractivity contribution in [2.24, 2.45) is 5.92 Å². The van der Waals surface area contributed by atoms with Crippen LogP contribution in [-0.2, 0) is 0 Å². The number of nitrogens with one attached hydrogen (secondary N) is 1. The van der Waals surface area contributed by atoms with Crippen molar-refractivity contribution in [2.75, 3.05) is 19.0 Å². The summed E-state index contributed by atoms with van der Waals surface area (Å²) in [6.45, 7) is 4.56. The number of halogens is 2. The summed E-state index contributed by atoms with van der Waals surface area (Å²) in [4.78, 5) is 13.5. The summed E-state index contributed by atoms with van der Waals surface area (Å²) in [6, 6.07) is 10.7. The minimum absolute atomic E-state index is 0.286. The Morgan fingerprint density at radius 1 is 0.968 bits per heavy atom. The van der Waals surface area contributed by atoms with Gasteiger partial charge in [-0.05, 0) is 53.4 Å². The lowest BCUT2D eigenvalue weighted by molar-refractivity contribution is 0.273. The predicted octanol–water partition coefficient (Wildman–Crippen LogP) is 5.71. The molecule has 7 heteroatoms. The van der Waals surface area contributed by atoms with Crippen LogP contribution in [0.1, 0.15) is 13.8 Å². The number of pyridine rings is 1. The van der Waals surface area contributed by atoms with Crippen LogP contribution < -0.4 is 10.1 Å². The predicted molar refractivity (Wildman–Crippen MR) is 118 cm³/mol. The fraction of sp³-hybridized carbons (Fsp3) is 0.208. The first-order valence-electron chi connectivity index (χ1n) is 9.98. The van der Waals surface area contributed by atoms with Crippen molar-refractivity contribution in [2.45, 2.75) is 13.8 Å². The molecule has 0 unspecified atom stereocenters. The van der Waals surface area contributed by atoms with E-state index in [9.17, 15) is 8.78 Å². The fourth-order valence-corrected chi connectivity index (χ4v) is 3.27. The molecule has 0 fully saturated rings. The van der Waals surface area contributed by atoms with Gasteiger partial charge >= 0.3 is 0 Å². The molecule has 4 rings (SSSR count). The molecule has 0 amide bonds. The van der Waals surface area contributed by atoms with Crippen molar-refractivity contribution in [3.63, 3.8) is 0 Å². The van der Waals surface area contributed by atoms with Crippen LogP contribution in [-0.4, -0.2) is 28.6 Å². The van der Waals surface area contributed by atoms with E-state index in [4.69, 9.17) is 9.72 Å². The lowest BCUT2D eigenvalue weighted by atomic mass is 10.0. The van der Waals surface area contributed by atoms with E-state index in [0.29, 0.717) is 46.0 Å². The number of rotatable bonds is 6. The Bertz CT molecular complexity index is 1210. The Kier molecular flexibility index (Phi) is 5.75. The van der Waals surface area contributed by atoms with E-state index in [2.05, 4.69) is 15.3 Å². The monoisotopic (exact) mass is 420 g/mol. The van der Waals surface area contributed by atoms with Crippen molar-refractivity contribution >= 4 is 16.7 Å². The first kappa shape index (κ1) is 20.7. The average molecular weight is 420 g/mol. The molecule has 0 spiro atoms. The Balaban J connectivity index is 1.96. The van der Waals surface area contributed by atoms with Crippen molar-refractivity contribution in [1.82, 2.24) is 15.0 Å². The van der Waals surface area contributed by atoms with Crippen LogP contribution >= 0.6 is 0 Å². The number of nitrogens with zero attached hydrogens (tertiary/aromatic N) is 3. The molecule has 0 bridgehead atoms. The van der Waals surface area contributed by atoms with Crippen molar-refractivity contribution < 1.29 is 13.5 Å². The highest BCUT2D eigenvalue weighted by Gasteiger charge is 2.16. The number of ether oxygens (including phenoxy) is 1. The van der Waals surface area contributed by atoms with E-state index >= 15 is 0 Å². The van der Waals surface area contributed by atoms with Crippen LogP contribution in [0.3, 0.4) is 0 Å². The molecule has 31 heavy (non-hydrogen) atoms. The molecule has 5 nitrogen and oxygen atoms in total. The topological polar surface area (TPSA) is 59.9 Å². The lowest BCUT2D eigenvalue weighted by Gasteiger charge is -2.16. The van der Waals surface area contributed by atoms with E-state index in [1.165, 1.54) is 12.1 Å². The molecule has 2 aromatic heterocycles. The summed E-state index contributed by atoms with van der Waals surface area (Å²) >= 11 is 0. The van der Waals surface area contributed by atoms with Crippen molar-refractivity contribution in [3.8, 4) is 28.3 Å². The van der Waals surface area contributed by atoms with E-state index < -0.39 is 11.6 Å². The highest BCUT2D eigenvalue weighted by Crippen LogP contribution is 2.36. The Morgan fingerprint density at radius 2 is 1.71 bits per heavy atom. The van der Waals surface area contributed by atoms with Gasteiger partial charge in [0.05, 0.1) is 6.61 Å². The smallest absolute Gasteiger partial charge is 0.163 e. The SMILES string of the molecule is CNc1nc(-c2cccnc2)nc2c(OCC(C)C)cc(-c3cc(F)cc(F)c3)cc12. The van der Waals surface area contributed by atoms with E-state index in [-0.39, 0.29) is 5.92 Å². The minimum Gasteiger partial charge on any atom is -0.491 e. The number of benzene rings is 2.